The van der Waals surface area contributed by atoms with Crippen LogP contribution in [0, 0.1) is 6.08 Å². The van der Waals surface area contributed by atoms with E-state index in [9.17, 15) is 4.79 Å². The van der Waals surface area contributed by atoms with Crippen LogP contribution in [-0.2, 0) is 21.7 Å². The first-order valence-corrected chi connectivity index (χ1v) is 8.81. The first-order chi connectivity index (χ1) is 9.00. The second-order valence-electron chi connectivity index (χ2n) is 4.62. The molecule has 1 aliphatic rings. The molecule has 0 unspecified atom stereocenters. The molecule has 0 atom stereocenters. The van der Waals surface area contributed by atoms with Crippen LogP contribution < -0.4 is 24.8 Å². The van der Waals surface area contributed by atoms with Crippen molar-refractivity contribution in [2.24, 2.45) is 4.63 Å². The van der Waals surface area contributed by atoms with Crippen LogP contribution in [0.2, 0.25) is 13.1 Å². The first-order valence-electron chi connectivity index (χ1n) is 6.36. The van der Waals surface area contributed by atoms with Gasteiger partial charge in [0, 0.05) is 5.56 Å². The van der Waals surface area contributed by atoms with Crippen molar-refractivity contribution in [3.63, 3.8) is 0 Å². The summed E-state index contributed by atoms with van der Waals surface area (Å²) in [6.07, 6.45) is 6.41. The van der Waals surface area contributed by atoms with Crippen LogP contribution in [0.1, 0.15) is 30.6 Å². The molecule has 1 amide bonds. The number of hydrogen-bond donors (Lipinski definition) is 0. The van der Waals surface area contributed by atoms with Gasteiger partial charge in [0.25, 0.3) is 5.91 Å². The Morgan fingerprint density at radius 3 is 2.00 bits per heavy atom. The molecule has 0 spiro atoms. The molecular weight excluding hydrogens is 369 g/mol. The summed E-state index contributed by atoms with van der Waals surface area (Å²) in [5.74, 6) is -0.0884. The number of carbonyl (C=O) groups is 1. The largest absolute Gasteiger partial charge is 3.00 e. The second kappa shape index (κ2) is 14.3. The van der Waals surface area contributed by atoms with Crippen molar-refractivity contribution < 1.29 is 51.3 Å². The Kier molecular flexibility index (Phi) is 17.3. The number of carbonyl (C=O) groups excluding carboxylic acids is 1. The molecule has 6 heteroatoms. The molecule has 0 saturated carbocycles. The predicted molar refractivity (Wildman–Crippen MR) is 81.5 cm³/mol. The van der Waals surface area contributed by atoms with Crippen molar-refractivity contribution in [3.05, 3.63) is 59.2 Å². The molecule has 0 fully saturated rings. The van der Waals surface area contributed by atoms with Crippen LogP contribution in [0.4, 0.5) is 0 Å². The SMILES string of the molecule is CC1=[C-]CC=C1C.C[Si](C)=NC(=O)c1ccccc1.[Cl-].[Cl-].[Ti+3]. The monoisotopic (exact) mass is 388 g/mol. The third-order valence-electron chi connectivity index (χ3n) is 2.71. The summed E-state index contributed by atoms with van der Waals surface area (Å²) in [5.41, 5.74) is 3.39. The van der Waals surface area contributed by atoms with Gasteiger partial charge in [-0.05, 0) is 25.2 Å². The minimum atomic E-state index is -0.805. The van der Waals surface area contributed by atoms with E-state index in [0.29, 0.717) is 5.56 Å². The smallest absolute Gasteiger partial charge is 1.00 e. The molecule has 2 nitrogen and oxygen atoms in total. The Balaban J connectivity index is -0.000000317. The topological polar surface area (TPSA) is 29.4 Å². The molecule has 0 N–H and O–H groups in total. The number of rotatable bonds is 1. The Labute approximate surface area is 162 Å². The molecule has 117 valence electrons. The van der Waals surface area contributed by atoms with Crippen molar-refractivity contribution in [2.75, 3.05) is 0 Å². The summed E-state index contributed by atoms with van der Waals surface area (Å²) in [5, 5.41) is 0. The normalized spacial score (nSPS) is 11.1. The number of hydrogen-bond acceptors (Lipinski definition) is 1. The quantitative estimate of drug-likeness (QED) is 0.422. The van der Waals surface area contributed by atoms with E-state index >= 15 is 0 Å². The molecule has 1 aliphatic carbocycles. The van der Waals surface area contributed by atoms with E-state index in [1.165, 1.54) is 11.1 Å². The molecule has 22 heavy (non-hydrogen) atoms. The number of benzene rings is 1. The van der Waals surface area contributed by atoms with Gasteiger partial charge in [0.15, 0.2) is 0 Å². The van der Waals surface area contributed by atoms with E-state index in [1.807, 2.05) is 31.3 Å². The summed E-state index contributed by atoms with van der Waals surface area (Å²) < 4.78 is 4.01. The molecule has 0 heterocycles. The van der Waals surface area contributed by atoms with Crippen molar-refractivity contribution in [3.8, 4) is 0 Å². The van der Waals surface area contributed by atoms with Crippen LogP contribution in [0.5, 0.6) is 0 Å². The van der Waals surface area contributed by atoms with Gasteiger partial charge in [0.1, 0.15) is 8.59 Å². The van der Waals surface area contributed by atoms with E-state index < -0.39 is 8.59 Å². The zero-order valence-electron chi connectivity index (χ0n) is 13.3. The molecule has 1 aromatic carbocycles. The van der Waals surface area contributed by atoms with Crippen molar-refractivity contribution in [1.82, 2.24) is 0 Å². The molecule has 1 aromatic rings. The Morgan fingerprint density at radius 2 is 1.68 bits per heavy atom. The fourth-order valence-electron chi connectivity index (χ4n) is 1.50. The maximum atomic E-state index is 11.3. The molecule has 0 aromatic heterocycles. The van der Waals surface area contributed by atoms with Crippen LogP contribution in [-0.4, -0.2) is 14.5 Å². The standard InChI is InChI=1S/C9H11NOSi.C7H9.2ClH.Ti/c1-12(2)10-9(11)8-6-4-3-5-7-8;1-6-4-3-5-7(6)2;;;/h3-7H,1-2H3;4H,3H2,1-2H3;2*1H;/q;-1;;;+3/p-2. The summed E-state index contributed by atoms with van der Waals surface area (Å²) in [6, 6.07) is 9.16. The molecule has 0 aliphatic heterocycles. The van der Waals surface area contributed by atoms with Crippen LogP contribution in [0.25, 0.3) is 0 Å². The van der Waals surface area contributed by atoms with Crippen molar-refractivity contribution in [2.45, 2.75) is 33.4 Å². The van der Waals surface area contributed by atoms with E-state index in [2.05, 4.69) is 30.6 Å². The minimum Gasteiger partial charge on any atom is -1.00 e. The van der Waals surface area contributed by atoms with Gasteiger partial charge in [0.05, 0.1) is 0 Å². The van der Waals surface area contributed by atoms with Crippen molar-refractivity contribution >= 4 is 14.5 Å². The first kappa shape index (κ1) is 26.6. The fourth-order valence-corrected chi connectivity index (χ4v) is 2.03. The summed E-state index contributed by atoms with van der Waals surface area (Å²) in [6.45, 7) is 8.20. The minimum absolute atomic E-state index is 0. The van der Waals surface area contributed by atoms with Gasteiger partial charge in [-0.1, -0.05) is 25.1 Å². The van der Waals surface area contributed by atoms with Crippen LogP contribution >= 0.6 is 0 Å². The van der Waals surface area contributed by atoms with Gasteiger partial charge in [-0.15, -0.1) is 13.3 Å². The van der Waals surface area contributed by atoms with E-state index in [-0.39, 0.29) is 52.4 Å². The fraction of sp³-hybridized carbons (Fsp3) is 0.312. The van der Waals surface area contributed by atoms with Crippen molar-refractivity contribution in [1.29, 1.82) is 0 Å². The third kappa shape index (κ3) is 10.4. The summed E-state index contributed by atoms with van der Waals surface area (Å²) >= 11 is 0. The zero-order chi connectivity index (χ0) is 14.3. The molecular formula is C16H20Cl2NOSiTi. The number of halogens is 2. The van der Waals surface area contributed by atoms with E-state index in [1.54, 1.807) is 12.1 Å². The second-order valence-corrected chi connectivity index (χ2v) is 6.74. The predicted octanol–water partition coefficient (Wildman–Crippen LogP) is -1.56. The van der Waals surface area contributed by atoms with E-state index in [4.69, 9.17) is 0 Å². The maximum absolute atomic E-state index is 11.3. The number of nitrogens with zero attached hydrogens (tertiary/aromatic N) is 1. The Hall–Kier alpha value is -0.319. The van der Waals surface area contributed by atoms with Gasteiger partial charge in [0.2, 0.25) is 0 Å². The van der Waals surface area contributed by atoms with Crippen LogP contribution in [0.3, 0.4) is 0 Å². The summed E-state index contributed by atoms with van der Waals surface area (Å²) in [7, 11) is -0.805. The molecule has 0 saturated heterocycles. The zero-order valence-corrected chi connectivity index (χ0v) is 17.4. The van der Waals surface area contributed by atoms with Gasteiger partial charge >= 0.3 is 21.7 Å². The molecule has 1 radical (unpaired) electrons. The average Bonchev–Trinajstić information content (AvgIpc) is 2.75. The van der Waals surface area contributed by atoms with E-state index in [0.717, 1.165) is 6.42 Å². The Bertz CT molecular complexity index is 522. The van der Waals surface area contributed by atoms with Gasteiger partial charge < -0.3 is 24.8 Å². The maximum Gasteiger partial charge on any atom is 3.00 e. The van der Waals surface area contributed by atoms with Gasteiger partial charge in [-0.25, -0.2) is 11.1 Å². The third-order valence-corrected chi connectivity index (χ3v) is 3.36. The molecule has 0 bridgehead atoms. The van der Waals surface area contributed by atoms with Gasteiger partial charge in [-0.3, -0.25) is 15.5 Å². The number of allylic oxidation sites excluding steroid dienone is 4. The number of amides is 1. The summed E-state index contributed by atoms with van der Waals surface area (Å²) in [4.78, 5) is 11.3. The van der Waals surface area contributed by atoms with Gasteiger partial charge in [-0.2, -0.15) is 6.08 Å². The van der Waals surface area contributed by atoms with Crippen LogP contribution in [0.15, 0.2) is 52.2 Å². The average molecular weight is 389 g/mol. The Morgan fingerprint density at radius 1 is 1.14 bits per heavy atom. The molecule has 2 rings (SSSR count).